The van der Waals surface area contributed by atoms with Crippen LogP contribution in [-0.4, -0.2) is 6.10 Å². The highest BCUT2D eigenvalue weighted by molar-refractivity contribution is 5.13. The molecule has 0 unspecified atom stereocenters. The van der Waals surface area contributed by atoms with Gasteiger partial charge < -0.3 is 4.74 Å². The molecule has 2 heteroatoms. The summed E-state index contributed by atoms with van der Waals surface area (Å²) in [5, 5.41) is 8.65. The highest BCUT2D eigenvalue weighted by Gasteiger charge is 2.13. The molecule has 0 aliphatic carbocycles. The molecule has 0 aliphatic rings. The lowest BCUT2D eigenvalue weighted by Gasteiger charge is -2.18. The molecule has 15 heavy (non-hydrogen) atoms. The Hall–Kier alpha value is -1.33. The Bertz CT molecular complexity index is 313. The van der Waals surface area contributed by atoms with Gasteiger partial charge in [0.05, 0.1) is 25.2 Å². The Balaban J connectivity index is 2.44. The van der Waals surface area contributed by atoms with E-state index in [1.807, 2.05) is 30.3 Å². The predicted octanol–water partition coefficient (Wildman–Crippen LogP) is 3.14. The van der Waals surface area contributed by atoms with Gasteiger partial charge in [0, 0.05) is 0 Å². The normalized spacial score (nSPS) is 12.4. The lowest BCUT2D eigenvalue weighted by Crippen LogP contribution is -2.18. The molecule has 0 bridgehead atoms. The van der Waals surface area contributed by atoms with Crippen LogP contribution in [-0.2, 0) is 11.3 Å². The van der Waals surface area contributed by atoms with E-state index in [0.29, 0.717) is 18.9 Å². The first-order chi connectivity index (χ1) is 7.24. The third-order valence-electron chi connectivity index (χ3n) is 2.34. The van der Waals surface area contributed by atoms with Crippen LogP contribution < -0.4 is 0 Å². The van der Waals surface area contributed by atoms with Crippen molar-refractivity contribution in [3.8, 4) is 6.07 Å². The SMILES string of the molecule is CC(C)[C@@H](CC#N)OCc1ccccc1. The molecular weight excluding hydrogens is 186 g/mol. The predicted molar refractivity (Wildman–Crippen MR) is 60.1 cm³/mol. The topological polar surface area (TPSA) is 33.0 Å². The minimum Gasteiger partial charge on any atom is -0.372 e. The van der Waals surface area contributed by atoms with Gasteiger partial charge in [-0.1, -0.05) is 44.2 Å². The molecule has 0 aromatic heterocycles. The first-order valence-electron chi connectivity index (χ1n) is 5.26. The molecule has 1 aromatic carbocycles. The quantitative estimate of drug-likeness (QED) is 0.736. The molecular formula is C13H17NO. The smallest absolute Gasteiger partial charge is 0.0732 e. The van der Waals surface area contributed by atoms with Gasteiger partial charge in [-0.15, -0.1) is 0 Å². The second kappa shape index (κ2) is 6.21. The Morgan fingerprint density at radius 1 is 1.27 bits per heavy atom. The average Bonchev–Trinajstić information content (AvgIpc) is 2.25. The van der Waals surface area contributed by atoms with Crippen molar-refractivity contribution in [2.75, 3.05) is 0 Å². The number of rotatable bonds is 5. The molecule has 80 valence electrons. The van der Waals surface area contributed by atoms with Crippen LogP contribution in [0.15, 0.2) is 30.3 Å². The van der Waals surface area contributed by atoms with E-state index in [9.17, 15) is 0 Å². The first kappa shape index (κ1) is 11.7. The van der Waals surface area contributed by atoms with E-state index < -0.39 is 0 Å². The fourth-order valence-corrected chi connectivity index (χ4v) is 1.35. The summed E-state index contributed by atoms with van der Waals surface area (Å²) in [6.45, 7) is 4.74. The zero-order chi connectivity index (χ0) is 11.1. The summed E-state index contributed by atoms with van der Waals surface area (Å²) in [6, 6.07) is 12.2. The standard InChI is InChI=1S/C13H17NO/c1-11(2)13(8-9-14)15-10-12-6-4-3-5-7-12/h3-7,11,13H,8,10H2,1-2H3/t13-/m1/s1. The van der Waals surface area contributed by atoms with Crippen LogP contribution in [0.25, 0.3) is 0 Å². The van der Waals surface area contributed by atoms with Gasteiger partial charge in [0.1, 0.15) is 0 Å². The Kier molecular flexibility index (Phi) is 4.86. The van der Waals surface area contributed by atoms with Crippen LogP contribution in [0.5, 0.6) is 0 Å². The van der Waals surface area contributed by atoms with Gasteiger partial charge in [-0.05, 0) is 11.5 Å². The number of benzene rings is 1. The molecule has 1 atom stereocenters. The third kappa shape index (κ3) is 4.14. The summed E-state index contributed by atoms with van der Waals surface area (Å²) in [4.78, 5) is 0. The van der Waals surface area contributed by atoms with Gasteiger partial charge in [-0.2, -0.15) is 5.26 Å². The van der Waals surface area contributed by atoms with E-state index in [2.05, 4.69) is 19.9 Å². The summed E-state index contributed by atoms with van der Waals surface area (Å²) in [5.74, 6) is 0.383. The van der Waals surface area contributed by atoms with Crippen molar-refractivity contribution in [2.24, 2.45) is 5.92 Å². The van der Waals surface area contributed by atoms with Crippen LogP contribution in [0.2, 0.25) is 0 Å². The molecule has 1 aromatic rings. The van der Waals surface area contributed by atoms with E-state index >= 15 is 0 Å². The summed E-state index contributed by atoms with van der Waals surface area (Å²) in [6.07, 6.45) is 0.500. The monoisotopic (exact) mass is 203 g/mol. The van der Waals surface area contributed by atoms with Crippen molar-refractivity contribution >= 4 is 0 Å². The van der Waals surface area contributed by atoms with Crippen molar-refractivity contribution in [2.45, 2.75) is 33.0 Å². The van der Waals surface area contributed by atoms with E-state index in [0.717, 1.165) is 5.56 Å². The number of nitriles is 1. The Morgan fingerprint density at radius 3 is 2.47 bits per heavy atom. The summed E-state index contributed by atoms with van der Waals surface area (Å²) < 4.78 is 5.71. The highest BCUT2D eigenvalue weighted by Crippen LogP contribution is 2.13. The second-order valence-electron chi connectivity index (χ2n) is 3.94. The van der Waals surface area contributed by atoms with Crippen LogP contribution >= 0.6 is 0 Å². The summed E-state index contributed by atoms with van der Waals surface area (Å²) >= 11 is 0. The van der Waals surface area contributed by atoms with Crippen molar-refractivity contribution in [3.05, 3.63) is 35.9 Å². The van der Waals surface area contributed by atoms with Gasteiger partial charge in [-0.25, -0.2) is 0 Å². The number of nitrogens with zero attached hydrogens (tertiary/aromatic N) is 1. The van der Waals surface area contributed by atoms with Crippen LogP contribution in [0, 0.1) is 17.2 Å². The molecule has 0 N–H and O–H groups in total. The lowest BCUT2D eigenvalue weighted by molar-refractivity contribution is 0.0139. The molecule has 0 saturated carbocycles. The summed E-state index contributed by atoms with van der Waals surface area (Å²) in [7, 11) is 0. The van der Waals surface area contributed by atoms with Crippen LogP contribution in [0.1, 0.15) is 25.8 Å². The van der Waals surface area contributed by atoms with Gasteiger partial charge in [0.2, 0.25) is 0 Å². The van der Waals surface area contributed by atoms with Crippen LogP contribution in [0.4, 0.5) is 0 Å². The van der Waals surface area contributed by atoms with Crippen molar-refractivity contribution in [1.29, 1.82) is 5.26 Å². The molecule has 0 aliphatic heterocycles. The van der Waals surface area contributed by atoms with E-state index in [-0.39, 0.29) is 6.10 Å². The molecule has 0 spiro atoms. The van der Waals surface area contributed by atoms with Crippen molar-refractivity contribution in [1.82, 2.24) is 0 Å². The minimum atomic E-state index is 0.0372. The maximum atomic E-state index is 8.65. The average molecular weight is 203 g/mol. The fourth-order valence-electron chi connectivity index (χ4n) is 1.35. The van der Waals surface area contributed by atoms with E-state index in [4.69, 9.17) is 10.00 Å². The maximum absolute atomic E-state index is 8.65. The molecule has 0 radical (unpaired) electrons. The van der Waals surface area contributed by atoms with Gasteiger partial charge in [-0.3, -0.25) is 0 Å². The second-order valence-corrected chi connectivity index (χ2v) is 3.94. The van der Waals surface area contributed by atoms with E-state index in [1.165, 1.54) is 0 Å². The fraction of sp³-hybridized carbons (Fsp3) is 0.462. The molecule has 0 amide bonds. The molecule has 2 nitrogen and oxygen atoms in total. The number of ether oxygens (including phenoxy) is 1. The molecule has 0 saturated heterocycles. The highest BCUT2D eigenvalue weighted by atomic mass is 16.5. The zero-order valence-electron chi connectivity index (χ0n) is 9.31. The summed E-state index contributed by atoms with van der Waals surface area (Å²) in [5.41, 5.74) is 1.15. The molecule has 0 heterocycles. The van der Waals surface area contributed by atoms with Gasteiger partial charge in [0.25, 0.3) is 0 Å². The Morgan fingerprint density at radius 2 is 1.93 bits per heavy atom. The van der Waals surface area contributed by atoms with Crippen LogP contribution in [0.3, 0.4) is 0 Å². The van der Waals surface area contributed by atoms with Gasteiger partial charge in [0.15, 0.2) is 0 Å². The Labute approximate surface area is 91.5 Å². The number of hydrogen-bond acceptors (Lipinski definition) is 2. The van der Waals surface area contributed by atoms with Gasteiger partial charge >= 0.3 is 0 Å². The third-order valence-corrected chi connectivity index (χ3v) is 2.34. The lowest BCUT2D eigenvalue weighted by atomic mass is 10.0. The first-order valence-corrected chi connectivity index (χ1v) is 5.26. The van der Waals surface area contributed by atoms with E-state index in [1.54, 1.807) is 0 Å². The van der Waals surface area contributed by atoms with Crippen molar-refractivity contribution in [3.63, 3.8) is 0 Å². The maximum Gasteiger partial charge on any atom is 0.0732 e. The zero-order valence-corrected chi connectivity index (χ0v) is 9.31. The molecule has 0 fully saturated rings. The number of hydrogen-bond donors (Lipinski definition) is 0. The largest absolute Gasteiger partial charge is 0.372 e. The molecule has 1 rings (SSSR count). The minimum absolute atomic E-state index is 0.0372. The van der Waals surface area contributed by atoms with Crippen molar-refractivity contribution < 1.29 is 4.74 Å².